The lowest BCUT2D eigenvalue weighted by Crippen LogP contribution is -2.30. The molecule has 3 rings (SSSR count). The summed E-state index contributed by atoms with van der Waals surface area (Å²) in [5.41, 5.74) is 3.70. The summed E-state index contributed by atoms with van der Waals surface area (Å²) >= 11 is 0. The average molecular weight is 368 g/mol. The van der Waals surface area contributed by atoms with Crippen molar-refractivity contribution in [2.75, 3.05) is 0 Å². The highest BCUT2D eigenvalue weighted by atomic mass is 16.4. The number of nitrogens with one attached hydrogen (secondary N) is 1. The first-order chi connectivity index (χ1) is 12.8. The Labute approximate surface area is 155 Å². The quantitative estimate of drug-likeness (QED) is 0.684. The fraction of sp³-hybridized carbons (Fsp3) is 0.278. The third-order valence-electron chi connectivity index (χ3n) is 4.09. The molecule has 1 unspecified atom stereocenters. The van der Waals surface area contributed by atoms with Gasteiger partial charge < -0.3 is 10.4 Å². The smallest absolute Gasteiger partial charge is 0.358 e. The number of rotatable bonds is 6. The fourth-order valence-corrected chi connectivity index (χ4v) is 2.79. The standard InChI is InChI=1S/C18H20N6O3/c1-11-8-12(2)24(21-11)15-6-4-14(5-7-15)13(3)19-17(25)10-23-9-16(18(26)27)20-22-23/h4-9,13H,10H2,1-3H3,(H,19,25)(H,26,27). The minimum absolute atomic E-state index is 0.103. The minimum Gasteiger partial charge on any atom is -0.476 e. The molecule has 1 atom stereocenters. The number of amides is 1. The molecule has 9 nitrogen and oxygen atoms in total. The molecule has 0 radical (unpaired) electrons. The molecule has 2 heterocycles. The molecule has 0 spiro atoms. The van der Waals surface area contributed by atoms with Crippen LogP contribution in [0.25, 0.3) is 5.69 Å². The van der Waals surface area contributed by atoms with E-state index >= 15 is 0 Å². The number of carboxylic acid groups (broad SMARTS) is 1. The zero-order valence-electron chi connectivity index (χ0n) is 15.2. The summed E-state index contributed by atoms with van der Waals surface area (Å²) < 4.78 is 3.06. The molecule has 27 heavy (non-hydrogen) atoms. The third-order valence-corrected chi connectivity index (χ3v) is 4.09. The van der Waals surface area contributed by atoms with Crippen LogP contribution in [-0.4, -0.2) is 41.8 Å². The summed E-state index contributed by atoms with van der Waals surface area (Å²) in [6.45, 7) is 5.72. The highest BCUT2D eigenvalue weighted by molar-refractivity contribution is 5.84. The molecule has 0 fully saturated rings. The van der Waals surface area contributed by atoms with Crippen molar-refractivity contribution in [3.8, 4) is 5.69 Å². The largest absolute Gasteiger partial charge is 0.476 e. The van der Waals surface area contributed by atoms with Crippen molar-refractivity contribution in [2.45, 2.75) is 33.4 Å². The molecule has 2 aromatic heterocycles. The second-order valence-corrected chi connectivity index (χ2v) is 6.33. The summed E-state index contributed by atoms with van der Waals surface area (Å²) in [6.07, 6.45) is 1.22. The van der Waals surface area contributed by atoms with E-state index in [0.29, 0.717) is 0 Å². The fourth-order valence-electron chi connectivity index (χ4n) is 2.79. The van der Waals surface area contributed by atoms with Gasteiger partial charge in [0.2, 0.25) is 5.91 Å². The van der Waals surface area contributed by atoms with Gasteiger partial charge in [0.1, 0.15) is 6.54 Å². The molecule has 0 saturated carbocycles. The lowest BCUT2D eigenvalue weighted by atomic mass is 10.1. The Bertz CT molecular complexity index is 973. The Balaban J connectivity index is 1.63. The van der Waals surface area contributed by atoms with Crippen molar-refractivity contribution >= 4 is 11.9 Å². The van der Waals surface area contributed by atoms with Gasteiger partial charge in [0.15, 0.2) is 5.69 Å². The van der Waals surface area contributed by atoms with Crippen LogP contribution in [0, 0.1) is 13.8 Å². The number of aryl methyl sites for hydroxylation is 2. The maximum atomic E-state index is 12.1. The van der Waals surface area contributed by atoms with Crippen LogP contribution in [0.1, 0.15) is 40.4 Å². The van der Waals surface area contributed by atoms with Crippen molar-refractivity contribution in [3.05, 3.63) is 59.2 Å². The van der Waals surface area contributed by atoms with Crippen LogP contribution < -0.4 is 5.32 Å². The summed E-state index contributed by atoms with van der Waals surface area (Å²) in [7, 11) is 0. The van der Waals surface area contributed by atoms with Gasteiger partial charge in [0.05, 0.1) is 23.6 Å². The molecule has 0 aliphatic rings. The van der Waals surface area contributed by atoms with Gasteiger partial charge in [-0.3, -0.25) is 4.79 Å². The van der Waals surface area contributed by atoms with E-state index in [1.165, 1.54) is 10.9 Å². The van der Waals surface area contributed by atoms with Crippen LogP contribution >= 0.6 is 0 Å². The summed E-state index contributed by atoms with van der Waals surface area (Å²) in [5, 5.41) is 23.2. The predicted molar refractivity (Wildman–Crippen MR) is 96.6 cm³/mol. The minimum atomic E-state index is -1.18. The number of aromatic carboxylic acids is 1. The summed E-state index contributed by atoms with van der Waals surface area (Å²) in [5.74, 6) is -1.47. The van der Waals surface area contributed by atoms with E-state index in [9.17, 15) is 9.59 Å². The van der Waals surface area contributed by atoms with E-state index in [1.807, 2.05) is 55.8 Å². The topological polar surface area (TPSA) is 115 Å². The third kappa shape index (κ3) is 4.20. The van der Waals surface area contributed by atoms with Crippen molar-refractivity contribution in [1.29, 1.82) is 0 Å². The maximum Gasteiger partial charge on any atom is 0.358 e. The predicted octanol–water partition coefficient (Wildman–Crippen LogP) is 1.66. The second kappa shape index (κ2) is 7.40. The van der Waals surface area contributed by atoms with Crippen molar-refractivity contribution in [3.63, 3.8) is 0 Å². The zero-order valence-corrected chi connectivity index (χ0v) is 15.2. The first kappa shape index (κ1) is 18.3. The van der Waals surface area contributed by atoms with E-state index in [0.717, 1.165) is 22.6 Å². The van der Waals surface area contributed by atoms with E-state index in [1.54, 1.807) is 0 Å². The van der Waals surface area contributed by atoms with Gasteiger partial charge in [0, 0.05) is 5.69 Å². The van der Waals surface area contributed by atoms with E-state index < -0.39 is 5.97 Å². The van der Waals surface area contributed by atoms with E-state index in [2.05, 4.69) is 20.7 Å². The maximum absolute atomic E-state index is 12.1. The Hall–Kier alpha value is -3.49. The molecule has 1 aromatic carbocycles. The van der Waals surface area contributed by atoms with Gasteiger partial charge in [-0.1, -0.05) is 17.3 Å². The second-order valence-electron chi connectivity index (χ2n) is 6.33. The molecule has 3 aromatic rings. The number of benzene rings is 1. The zero-order chi connectivity index (χ0) is 19.6. The van der Waals surface area contributed by atoms with Gasteiger partial charge in [-0.15, -0.1) is 5.10 Å². The average Bonchev–Trinajstić information content (AvgIpc) is 3.21. The van der Waals surface area contributed by atoms with Gasteiger partial charge in [0.25, 0.3) is 0 Å². The van der Waals surface area contributed by atoms with Gasteiger partial charge >= 0.3 is 5.97 Å². The van der Waals surface area contributed by atoms with Crippen molar-refractivity contribution in [2.24, 2.45) is 0 Å². The molecule has 0 bridgehead atoms. The van der Waals surface area contributed by atoms with Crippen molar-refractivity contribution in [1.82, 2.24) is 30.1 Å². The molecule has 0 aliphatic carbocycles. The van der Waals surface area contributed by atoms with Gasteiger partial charge in [-0.05, 0) is 44.5 Å². The molecule has 0 saturated heterocycles. The monoisotopic (exact) mass is 368 g/mol. The van der Waals surface area contributed by atoms with Crippen LogP contribution in [0.4, 0.5) is 0 Å². The Kier molecular flexibility index (Phi) is 5.02. The number of aromatic nitrogens is 5. The summed E-state index contributed by atoms with van der Waals surface area (Å²) in [4.78, 5) is 22.9. The Morgan fingerprint density at radius 3 is 2.48 bits per heavy atom. The van der Waals surface area contributed by atoms with Gasteiger partial charge in [-0.25, -0.2) is 14.2 Å². The number of hydrogen-bond donors (Lipinski definition) is 2. The highest BCUT2D eigenvalue weighted by Crippen LogP contribution is 2.17. The Morgan fingerprint density at radius 1 is 1.22 bits per heavy atom. The number of nitrogens with zero attached hydrogens (tertiary/aromatic N) is 5. The van der Waals surface area contributed by atoms with Crippen LogP contribution in [-0.2, 0) is 11.3 Å². The molecule has 140 valence electrons. The highest BCUT2D eigenvalue weighted by Gasteiger charge is 2.13. The molecule has 0 aliphatic heterocycles. The number of hydrogen-bond acceptors (Lipinski definition) is 5. The lowest BCUT2D eigenvalue weighted by molar-refractivity contribution is -0.122. The SMILES string of the molecule is Cc1cc(C)n(-c2ccc(C(C)NC(=O)Cn3cc(C(=O)O)nn3)cc2)n1. The summed E-state index contributed by atoms with van der Waals surface area (Å²) in [6, 6.07) is 9.58. The van der Waals surface area contributed by atoms with E-state index in [-0.39, 0.29) is 24.2 Å². The van der Waals surface area contributed by atoms with Crippen LogP contribution in [0.5, 0.6) is 0 Å². The lowest BCUT2D eigenvalue weighted by Gasteiger charge is -2.15. The first-order valence-electron chi connectivity index (χ1n) is 8.40. The van der Waals surface area contributed by atoms with Crippen LogP contribution in [0.15, 0.2) is 36.5 Å². The Morgan fingerprint density at radius 2 is 1.93 bits per heavy atom. The van der Waals surface area contributed by atoms with E-state index in [4.69, 9.17) is 5.11 Å². The first-order valence-corrected chi connectivity index (χ1v) is 8.40. The number of carbonyl (C=O) groups excluding carboxylic acids is 1. The molecular weight excluding hydrogens is 348 g/mol. The molecule has 2 N–H and O–H groups in total. The number of carbonyl (C=O) groups is 2. The molecule has 1 amide bonds. The number of carboxylic acids is 1. The van der Waals surface area contributed by atoms with Crippen LogP contribution in [0.3, 0.4) is 0 Å². The normalized spacial score (nSPS) is 12.0. The van der Waals surface area contributed by atoms with Gasteiger partial charge in [-0.2, -0.15) is 5.10 Å². The molecule has 9 heteroatoms. The molecular formula is C18H20N6O3. The van der Waals surface area contributed by atoms with Crippen LogP contribution in [0.2, 0.25) is 0 Å². The van der Waals surface area contributed by atoms with Crippen molar-refractivity contribution < 1.29 is 14.7 Å².